The third-order valence-corrected chi connectivity index (χ3v) is 5.01. The monoisotopic (exact) mass is 268 g/mol. The Balaban J connectivity index is 1.92. The van der Waals surface area contributed by atoms with Crippen molar-refractivity contribution in [3.05, 3.63) is 71.9 Å². The lowest BCUT2D eigenvalue weighted by Gasteiger charge is -2.19. The fraction of sp³-hybridized carbons (Fsp3) is 0.105. The number of hydrogen-bond acceptors (Lipinski definition) is 0. The number of pyridine rings is 1. The lowest BCUT2D eigenvalue weighted by atomic mass is 9.39. The first kappa shape index (κ1) is 11.3. The van der Waals surface area contributed by atoms with E-state index in [4.69, 9.17) is 0 Å². The van der Waals surface area contributed by atoms with Crippen molar-refractivity contribution in [2.45, 2.75) is 13.5 Å². The Bertz CT molecular complexity index is 898. The maximum absolute atomic E-state index is 2.47. The molecule has 98 valence electrons. The minimum atomic E-state index is 0.404. The molecule has 0 fully saturated rings. The van der Waals surface area contributed by atoms with Gasteiger partial charge >= 0.3 is 6.71 Å². The lowest BCUT2D eigenvalue weighted by Crippen LogP contribution is -2.69. The molecule has 5 rings (SSSR count). The van der Waals surface area contributed by atoms with Crippen LogP contribution in [0.1, 0.15) is 11.3 Å². The van der Waals surface area contributed by atoms with Gasteiger partial charge in [-0.25, -0.2) is 4.57 Å². The summed E-state index contributed by atoms with van der Waals surface area (Å²) in [5.41, 5.74) is 10.1. The van der Waals surface area contributed by atoms with E-state index in [2.05, 4.69) is 72.2 Å². The Morgan fingerprint density at radius 1 is 0.857 bits per heavy atom. The summed E-state index contributed by atoms with van der Waals surface area (Å²) in [4.78, 5) is 0. The zero-order valence-electron chi connectivity index (χ0n) is 12.0. The highest BCUT2D eigenvalue weighted by Crippen LogP contribution is 2.25. The van der Waals surface area contributed by atoms with E-state index < -0.39 is 0 Å². The molecule has 1 nitrogen and oxygen atoms in total. The second kappa shape index (κ2) is 3.85. The van der Waals surface area contributed by atoms with E-state index in [0.29, 0.717) is 6.71 Å². The quantitative estimate of drug-likeness (QED) is 0.293. The van der Waals surface area contributed by atoms with E-state index in [-0.39, 0.29) is 0 Å². The Kier molecular flexibility index (Phi) is 2.08. The molecule has 2 heteroatoms. The summed E-state index contributed by atoms with van der Waals surface area (Å²) >= 11 is 0. The third-order valence-electron chi connectivity index (χ3n) is 5.01. The first-order valence-corrected chi connectivity index (χ1v) is 7.55. The molecule has 2 aliphatic rings. The molecule has 0 spiro atoms. The van der Waals surface area contributed by atoms with Gasteiger partial charge in [-0.3, -0.25) is 0 Å². The average molecular weight is 268 g/mol. The fourth-order valence-corrected chi connectivity index (χ4v) is 4.09. The predicted octanol–water partition coefficient (Wildman–Crippen LogP) is 1.14. The average Bonchev–Trinajstić information content (AvgIpc) is 2.86. The number of aryl methyl sites for hydroxylation is 1. The van der Waals surface area contributed by atoms with Crippen molar-refractivity contribution < 1.29 is 4.57 Å². The van der Waals surface area contributed by atoms with Crippen LogP contribution in [0.25, 0.3) is 11.1 Å². The summed E-state index contributed by atoms with van der Waals surface area (Å²) < 4.78 is 2.47. The summed E-state index contributed by atoms with van der Waals surface area (Å²) in [5.74, 6) is 0. The van der Waals surface area contributed by atoms with E-state index in [9.17, 15) is 0 Å². The standard InChI is InChI=1S/C19H15BN/c1-13-6-4-11-18-20-17-10-3-2-8-15(17)16-9-5-7-14(19(16)20)12-21(13)18/h2-11H,12H2,1H3/q+1. The smallest absolute Gasteiger partial charge is 0.204 e. The first-order valence-electron chi connectivity index (χ1n) is 7.55. The minimum absolute atomic E-state index is 0.404. The number of nitrogens with zero attached hydrogens (tertiary/aromatic N) is 1. The maximum atomic E-state index is 2.47. The molecule has 2 aromatic carbocycles. The van der Waals surface area contributed by atoms with Gasteiger partial charge in [-0.05, 0) is 22.7 Å². The zero-order valence-corrected chi connectivity index (χ0v) is 12.0. The van der Waals surface area contributed by atoms with Gasteiger partial charge in [0.25, 0.3) is 0 Å². The Morgan fingerprint density at radius 3 is 2.62 bits per heavy atom. The van der Waals surface area contributed by atoms with Gasteiger partial charge in [0.2, 0.25) is 0 Å². The third kappa shape index (κ3) is 1.35. The Labute approximate surface area is 125 Å². The summed E-state index contributed by atoms with van der Waals surface area (Å²) in [6, 6.07) is 22.3. The molecule has 0 unspecified atom stereocenters. The molecule has 21 heavy (non-hydrogen) atoms. The van der Waals surface area contributed by atoms with Crippen molar-refractivity contribution in [3.63, 3.8) is 0 Å². The Hall–Kier alpha value is -2.35. The molecule has 0 radical (unpaired) electrons. The lowest BCUT2D eigenvalue weighted by molar-refractivity contribution is -0.678. The van der Waals surface area contributed by atoms with Gasteiger partial charge in [-0.15, -0.1) is 0 Å². The molecule has 0 aliphatic carbocycles. The molecular formula is C19H15BN+. The normalized spacial score (nSPS) is 13.7. The largest absolute Gasteiger partial charge is 0.327 e. The predicted molar refractivity (Wildman–Crippen MR) is 87.0 cm³/mol. The van der Waals surface area contributed by atoms with Crippen molar-refractivity contribution in [2.24, 2.45) is 0 Å². The topological polar surface area (TPSA) is 3.88 Å². The highest BCUT2D eigenvalue weighted by Gasteiger charge is 2.44. The maximum Gasteiger partial charge on any atom is 0.327 e. The highest BCUT2D eigenvalue weighted by atomic mass is 15.0. The Morgan fingerprint density at radius 2 is 1.67 bits per heavy atom. The van der Waals surface area contributed by atoms with Gasteiger partial charge in [0.15, 0.2) is 12.2 Å². The van der Waals surface area contributed by atoms with E-state index in [1.165, 1.54) is 38.9 Å². The number of aromatic nitrogens is 1. The molecule has 0 saturated carbocycles. The number of benzene rings is 2. The zero-order chi connectivity index (χ0) is 14.0. The number of fused-ring (bicyclic) bond motifs is 5. The van der Waals surface area contributed by atoms with Gasteiger partial charge in [0.05, 0.1) is 0 Å². The summed E-state index contributed by atoms with van der Waals surface area (Å²) in [6.45, 7) is 3.61. The molecule has 3 aromatic rings. The number of rotatable bonds is 0. The molecule has 0 bridgehead atoms. The highest BCUT2D eigenvalue weighted by molar-refractivity contribution is 6.98. The van der Waals surface area contributed by atoms with Crippen molar-refractivity contribution in [1.29, 1.82) is 0 Å². The van der Waals surface area contributed by atoms with Crippen molar-refractivity contribution >= 4 is 23.2 Å². The van der Waals surface area contributed by atoms with Crippen LogP contribution < -0.4 is 21.1 Å². The minimum Gasteiger partial charge on any atom is -0.204 e. The SMILES string of the molecule is Cc1cccc2[n+]1Cc1cccc3c1B2c1ccccc1-3. The van der Waals surface area contributed by atoms with E-state index in [0.717, 1.165) is 6.54 Å². The van der Waals surface area contributed by atoms with Crippen LogP contribution in [-0.2, 0) is 6.54 Å². The van der Waals surface area contributed by atoms with Crippen LogP contribution in [-0.4, -0.2) is 6.71 Å². The van der Waals surface area contributed by atoms with Crippen LogP contribution in [0.5, 0.6) is 0 Å². The van der Waals surface area contributed by atoms with Crippen molar-refractivity contribution in [1.82, 2.24) is 0 Å². The van der Waals surface area contributed by atoms with Crippen LogP contribution in [0.15, 0.2) is 60.7 Å². The second-order valence-corrected chi connectivity index (χ2v) is 6.08. The van der Waals surface area contributed by atoms with Crippen LogP contribution in [0.4, 0.5) is 0 Å². The summed E-state index contributed by atoms with van der Waals surface area (Å²) in [5, 5.41) is 0. The van der Waals surface area contributed by atoms with Gasteiger partial charge < -0.3 is 0 Å². The molecule has 0 atom stereocenters. The van der Waals surface area contributed by atoms with Crippen LogP contribution in [0.2, 0.25) is 0 Å². The van der Waals surface area contributed by atoms with Crippen LogP contribution >= 0.6 is 0 Å². The molecule has 3 heterocycles. The van der Waals surface area contributed by atoms with Crippen molar-refractivity contribution in [2.75, 3.05) is 0 Å². The molecule has 0 N–H and O–H groups in total. The van der Waals surface area contributed by atoms with E-state index >= 15 is 0 Å². The van der Waals surface area contributed by atoms with Crippen molar-refractivity contribution in [3.8, 4) is 11.1 Å². The van der Waals surface area contributed by atoms with Crippen LogP contribution in [0.3, 0.4) is 0 Å². The van der Waals surface area contributed by atoms with Crippen LogP contribution in [0, 0.1) is 6.92 Å². The van der Waals surface area contributed by atoms with Gasteiger partial charge in [-0.1, -0.05) is 54.0 Å². The molecule has 2 aliphatic heterocycles. The van der Waals surface area contributed by atoms with E-state index in [1.807, 2.05) is 0 Å². The van der Waals surface area contributed by atoms with E-state index in [1.54, 1.807) is 0 Å². The first-order chi connectivity index (χ1) is 10.3. The van der Waals surface area contributed by atoms with Gasteiger partial charge in [0, 0.05) is 18.6 Å². The molecule has 0 saturated heterocycles. The molecular weight excluding hydrogens is 253 g/mol. The molecule has 1 aromatic heterocycles. The second-order valence-electron chi connectivity index (χ2n) is 6.08. The van der Waals surface area contributed by atoms with Gasteiger partial charge in [0.1, 0.15) is 5.59 Å². The summed E-state index contributed by atoms with van der Waals surface area (Å²) in [7, 11) is 0. The van der Waals surface area contributed by atoms with Gasteiger partial charge in [-0.2, -0.15) is 0 Å². The molecule has 0 amide bonds. The summed E-state index contributed by atoms with van der Waals surface area (Å²) in [6.07, 6.45) is 0. The fourth-order valence-electron chi connectivity index (χ4n) is 4.09. The number of hydrogen-bond donors (Lipinski definition) is 0.